The number of pyridine rings is 1. The zero-order valence-corrected chi connectivity index (χ0v) is 10.7. The number of hydrogen-bond acceptors (Lipinski definition) is 3. The molecule has 3 rings (SSSR count). The first-order valence-electron chi connectivity index (χ1n) is 6.60. The molecule has 0 aromatic carbocycles. The average Bonchev–Trinajstić information content (AvgIpc) is 2.75. The summed E-state index contributed by atoms with van der Waals surface area (Å²) >= 11 is 0. The molecular formula is C14H15F3N2O. The third-order valence-electron chi connectivity index (χ3n) is 3.83. The number of ether oxygens (including phenoxy) is 1. The maximum absolute atomic E-state index is 12.0. The molecule has 2 aliphatic carbocycles. The molecule has 2 aliphatic rings. The Morgan fingerprint density at radius 2 is 2.20 bits per heavy atom. The standard InChI is InChI=1S/C14H15F3N2O/c15-14(16,17)8-20-13-5-4-10(7-18-13)19-12-6-9-2-1-3-11(9)12/h1,3-5,7,9,11-12,19H,2,6,8H2. The number of allylic oxidation sites excluding steroid dienone is 1. The summed E-state index contributed by atoms with van der Waals surface area (Å²) in [6.45, 7) is -1.32. The summed E-state index contributed by atoms with van der Waals surface area (Å²) in [6.07, 6.45) is 3.91. The summed E-state index contributed by atoms with van der Waals surface area (Å²) in [7, 11) is 0. The van der Waals surface area contributed by atoms with Crippen LogP contribution in [0.25, 0.3) is 0 Å². The van der Waals surface area contributed by atoms with Crippen LogP contribution in [0.15, 0.2) is 30.5 Å². The molecule has 6 heteroatoms. The van der Waals surface area contributed by atoms with Crippen molar-refractivity contribution in [3.8, 4) is 5.88 Å². The van der Waals surface area contributed by atoms with Crippen LogP contribution in [0.3, 0.4) is 0 Å². The van der Waals surface area contributed by atoms with Gasteiger partial charge < -0.3 is 10.1 Å². The summed E-state index contributed by atoms with van der Waals surface area (Å²) < 4.78 is 40.6. The van der Waals surface area contributed by atoms with Gasteiger partial charge in [-0.1, -0.05) is 12.2 Å². The zero-order chi connectivity index (χ0) is 14.2. The van der Waals surface area contributed by atoms with Crippen molar-refractivity contribution in [1.82, 2.24) is 4.98 Å². The van der Waals surface area contributed by atoms with Crippen LogP contribution in [-0.2, 0) is 0 Å². The molecule has 0 radical (unpaired) electrons. The summed E-state index contributed by atoms with van der Waals surface area (Å²) in [4.78, 5) is 3.88. The first kappa shape index (κ1) is 13.3. The second-order valence-corrected chi connectivity index (χ2v) is 5.28. The Hall–Kier alpha value is -1.72. The number of nitrogens with one attached hydrogen (secondary N) is 1. The SMILES string of the molecule is FC(F)(F)COc1ccc(NC2CC3CC=CC32)cn1. The minimum Gasteiger partial charge on any atom is -0.468 e. The number of fused-ring (bicyclic) bond motifs is 1. The topological polar surface area (TPSA) is 34.1 Å². The monoisotopic (exact) mass is 284 g/mol. The van der Waals surface area contributed by atoms with Crippen molar-refractivity contribution in [1.29, 1.82) is 0 Å². The molecule has 0 saturated heterocycles. The molecule has 1 saturated carbocycles. The van der Waals surface area contributed by atoms with E-state index in [4.69, 9.17) is 0 Å². The van der Waals surface area contributed by atoms with Gasteiger partial charge >= 0.3 is 6.18 Å². The number of nitrogens with zero attached hydrogens (tertiary/aromatic N) is 1. The number of hydrogen-bond donors (Lipinski definition) is 1. The highest BCUT2D eigenvalue weighted by molar-refractivity contribution is 5.44. The largest absolute Gasteiger partial charge is 0.468 e. The van der Waals surface area contributed by atoms with Gasteiger partial charge in [0.15, 0.2) is 6.61 Å². The van der Waals surface area contributed by atoms with Gasteiger partial charge in [-0.2, -0.15) is 13.2 Å². The number of aromatic nitrogens is 1. The van der Waals surface area contributed by atoms with Gasteiger partial charge in [-0.3, -0.25) is 0 Å². The van der Waals surface area contributed by atoms with Crippen molar-refractivity contribution in [2.45, 2.75) is 25.1 Å². The zero-order valence-electron chi connectivity index (χ0n) is 10.7. The molecule has 1 heterocycles. The highest BCUT2D eigenvalue weighted by atomic mass is 19.4. The summed E-state index contributed by atoms with van der Waals surface area (Å²) in [5, 5.41) is 3.36. The van der Waals surface area contributed by atoms with Gasteiger partial charge in [0, 0.05) is 18.0 Å². The Bertz CT molecular complexity index is 498. The van der Waals surface area contributed by atoms with Crippen LogP contribution in [0, 0.1) is 11.8 Å². The van der Waals surface area contributed by atoms with Crippen molar-refractivity contribution in [2.24, 2.45) is 11.8 Å². The Labute approximate surface area is 114 Å². The first-order valence-corrected chi connectivity index (χ1v) is 6.60. The van der Waals surface area contributed by atoms with Crippen LogP contribution in [0.2, 0.25) is 0 Å². The molecule has 1 N–H and O–H groups in total. The molecule has 0 aliphatic heterocycles. The quantitative estimate of drug-likeness (QED) is 0.860. The van der Waals surface area contributed by atoms with E-state index in [1.54, 1.807) is 6.07 Å². The molecule has 20 heavy (non-hydrogen) atoms. The van der Waals surface area contributed by atoms with Gasteiger partial charge in [-0.05, 0) is 24.8 Å². The molecule has 1 fully saturated rings. The Balaban J connectivity index is 1.53. The van der Waals surface area contributed by atoms with E-state index < -0.39 is 12.8 Å². The van der Waals surface area contributed by atoms with Crippen LogP contribution in [-0.4, -0.2) is 23.8 Å². The van der Waals surface area contributed by atoms with Crippen molar-refractivity contribution >= 4 is 5.69 Å². The fourth-order valence-electron chi connectivity index (χ4n) is 2.80. The van der Waals surface area contributed by atoms with Gasteiger partial charge in [-0.15, -0.1) is 0 Å². The lowest BCUT2D eigenvalue weighted by atomic mass is 9.71. The van der Waals surface area contributed by atoms with Crippen LogP contribution in [0.1, 0.15) is 12.8 Å². The van der Waals surface area contributed by atoms with Crippen molar-refractivity contribution in [3.05, 3.63) is 30.5 Å². The maximum Gasteiger partial charge on any atom is 0.422 e. The summed E-state index contributed by atoms with van der Waals surface area (Å²) in [5.74, 6) is 1.33. The van der Waals surface area contributed by atoms with Crippen molar-refractivity contribution in [3.63, 3.8) is 0 Å². The highest BCUT2D eigenvalue weighted by Gasteiger charge is 2.40. The molecule has 0 spiro atoms. The lowest BCUT2D eigenvalue weighted by Crippen LogP contribution is -2.43. The molecular weight excluding hydrogens is 269 g/mol. The van der Waals surface area contributed by atoms with E-state index in [9.17, 15) is 13.2 Å². The molecule has 0 bridgehead atoms. The predicted molar refractivity (Wildman–Crippen MR) is 68.6 cm³/mol. The summed E-state index contributed by atoms with van der Waals surface area (Å²) in [5.41, 5.74) is 0.813. The van der Waals surface area contributed by atoms with E-state index in [-0.39, 0.29) is 5.88 Å². The van der Waals surface area contributed by atoms with Gasteiger partial charge in [0.2, 0.25) is 5.88 Å². The van der Waals surface area contributed by atoms with Gasteiger partial charge in [0.25, 0.3) is 0 Å². The van der Waals surface area contributed by atoms with E-state index in [1.807, 2.05) is 0 Å². The molecule has 3 unspecified atom stereocenters. The van der Waals surface area contributed by atoms with Gasteiger partial charge in [0.05, 0.1) is 11.9 Å². The Kier molecular flexibility index (Phi) is 3.31. The highest BCUT2D eigenvalue weighted by Crippen LogP contribution is 2.44. The van der Waals surface area contributed by atoms with Crippen LogP contribution in [0.5, 0.6) is 5.88 Å². The van der Waals surface area contributed by atoms with Crippen LogP contribution in [0.4, 0.5) is 18.9 Å². The number of rotatable bonds is 4. The van der Waals surface area contributed by atoms with Gasteiger partial charge in [-0.25, -0.2) is 4.98 Å². The fourth-order valence-corrected chi connectivity index (χ4v) is 2.80. The normalized spacial score (nSPS) is 27.9. The smallest absolute Gasteiger partial charge is 0.422 e. The van der Waals surface area contributed by atoms with Crippen molar-refractivity contribution < 1.29 is 17.9 Å². The Morgan fingerprint density at radius 1 is 1.35 bits per heavy atom. The minimum absolute atomic E-state index is 0.0138. The van der Waals surface area contributed by atoms with Crippen LogP contribution < -0.4 is 10.1 Å². The predicted octanol–water partition coefficient (Wildman–Crippen LogP) is 3.40. The third kappa shape index (κ3) is 2.89. The molecule has 108 valence electrons. The second kappa shape index (κ2) is 5.00. The number of anilines is 1. The van der Waals surface area contributed by atoms with Crippen molar-refractivity contribution in [2.75, 3.05) is 11.9 Å². The number of halogens is 3. The molecule has 3 nitrogen and oxygen atoms in total. The van der Waals surface area contributed by atoms with E-state index >= 15 is 0 Å². The molecule has 0 amide bonds. The van der Waals surface area contributed by atoms with E-state index in [0.717, 1.165) is 24.4 Å². The molecule has 3 atom stereocenters. The van der Waals surface area contributed by atoms with Crippen LogP contribution >= 0.6 is 0 Å². The summed E-state index contributed by atoms with van der Waals surface area (Å²) in [6, 6.07) is 3.56. The molecule has 1 aromatic heterocycles. The minimum atomic E-state index is -4.34. The lowest BCUT2D eigenvalue weighted by molar-refractivity contribution is -0.154. The maximum atomic E-state index is 12.0. The number of alkyl halides is 3. The average molecular weight is 284 g/mol. The van der Waals surface area contributed by atoms with E-state index in [2.05, 4.69) is 27.2 Å². The van der Waals surface area contributed by atoms with E-state index in [0.29, 0.717) is 12.0 Å². The van der Waals surface area contributed by atoms with E-state index in [1.165, 1.54) is 12.3 Å². The fraction of sp³-hybridized carbons (Fsp3) is 0.500. The lowest BCUT2D eigenvalue weighted by Gasteiger charge is -2.41. The Morgan fingerprint density at radius 3 is 2.85 bits per heavy atom. The first-order chi connectivity index (χ1) is 9.51. The molecule has 1 aromatic rings. The van der Waals surface area contributed by atoms with Gasteiger partial charge in [0.1, 0.15) is 0 Å². The third-order valence-corrected chi connectivity index (χ3v) is 3.83. The second-order valence-electron chi connectivity index (χ2n) is 5.28.